The second-order valence-corrected chi connectivity index (χ2v) is 6.62. The number of nitrogens with one attached hydrogen (secondary N) is 1. The summed E-state index contributed by atoms with van der Waals surface area (Å²) in [5, 5.41) is 2.79. The first-order chi connectivity index (χ1) is 13.7. The van der Waals surface area contributed by atoms with E-state index in [4.69, 9.17) is 0 Å². The summed E-state index contributed by atoms with van der Waals surface area (Å²) in [6.45, 7) is 0.971. The molecule has 28 heavy (non-hydrogen) atoms. The highest BCUT2D eigenvalue weighted by Crippen LogP contribution is 2.28. The van der Waals surface area contributed by atoms with Crippen LogP contribution in [-0.4, -0.2) is 28.3 Å². The van der Waals surface area contributed by atoms with Crippen LogP contribution in [0.15, 0.2) is 67.0 Å². The fraction of sp³-hybridized carbons (Fsp3) is 0.182. The highest BCUT2D eigenvalue weighted by Gasteiger charge is 2.24. The zero-order valence-electron chi connectivity index (χ0n) is 15.3. The maximum absolute atomic E-state index is 13.1. The van der Waals surface area contributed by atoms with Crippen molar-refractivity contribution in [2.75, 3.05) is 11.4 Å². The Morgan fingerprint density at radius 2 is 1.86 bits per heavy atom. The van der Waals surface area contributed by atoms with Crippen molar-refractivity contribution in [3.63, 3.8) is 0 Å². The van der Waals surface area contributed by atoms with Gasteiger partial charge in [0.05, 0.1) is 12.2 Å². The highest BCUT2D eigenvalue weighted by molar-refractivity contribution is 6.07. The third-order valence-electron chi connectivity index (χ3n) is 4.75. The molecule has 3 heterocycles. The maximum Gasteiger partial charge on any atom is 0.270 e. The zero-order valence-corrected chi connectivity index (χ0v) is 15.3. The van der Waals surface area contributed by atoms with Crippen LogP contribution in [0.2, 0.25) is 0 Å². The molecule has 0 radical (unpaired) electrons. The molecule has 2 aromatic heterocycles. The van der Waals surface area contributed by atoms with Crippen molar-refractivity contribution >= 4 is 17.5 Å². The van der Waals surface area contributed by atoms with Crippen molar-refractivity contribution in [2.24, 2.45) is 0 Å². The fourth-order valence-electron chi connectivity index (χ4n) is 3.35. The topological polar surface area (TPSA) is 75.2 Å². The molecule has 0 saturated carbocycles. The number of carbonyl (C=O) groups is 2. The molecule has 0 fully saturated rings. The molecule has 1 aromatic carbocycles. The monoisotopic (exact) mass is 372 g/mol. The summed E-state index contributed by atoms with van der Waals surface area (Å²) in [7, 11) is 0. The van der Waals surface area contributed by atoms with Gasteiger partial charge in [-0.15, -0.1) is 0 Å². The lowest BCUT2D eigenvalue weighted by Crippen LogP contribution is -2.35. The van der Waals surface area contributed by atoms with Gasteiger partial charge < -0.3 is 10.2 Å². The number of anilines is 1. The molecule has 3 aromatic rings. The lowest BCUT2D eigenvalue weighted by Gasteiger charge is -2.29. The number of hydrogen-bond donors (Lipinski definition) is 1. The van der Waals surface area contributed by atoms with Crippen LogP contribution in [0.3, 0.4) is 0 Å². The lowest BCUT2D eigenvalue weighted by molar-refractivity contribution is 0.0945. The van der Waals surface area contributed by atoms with Gasteiger partial charge in [-0.3, -0.25) is 19.6 Å². The van der Waals surface area contributed by atoms with Gasteiger partial charge >= 0.3 is 0 Å². The quantitative estimate of drug-likeness (QED) is 0.764. The second kappa shape index (κ2) is 8.00. The van der Waals surface area contributed by atoms with Gasteiger partial charge in [-0.05, 0) is 48.7 Å². The Morgan fingerprint density at radius 1 is 1.00 bits per heavy atom. The van der Waals surface area contributed by atoms with Crippen LogP contribution in [0, 0.1) is 0 Å². The first-order valence-corrected chi connectivity index (χ1v) is 9.26. The van der Waals surface area contributed by atoms with Crippen molar-refractivity contribution in [3.8, 4) is 0 Å². The van der Waals surface area contributed by atoms with E-state index in [1.807, 2.05) is 36.4 Å². The van der Waals surface area contributed by atoms with Gasteiger partial charge in [0.25, 0.3) is 11.8 Å². The Balaban J connectivity index is 1.51. The Kier molecular flexibility index (Phi) is 5.10. The molecule has 0 saturated heterocycles. The molecule has 0 aliphatic carbocycles. The smallest absolute Gasteiger partial charge is 0.270 e. The molecule has 1 aliphatic rings. The van der Waals surface area contributed by atoms with Crippen LogP contribution < -0.4 is 10.2 Å². The minimum atomic E-state index is -0.334. The van der Waals surface area contributed by atoms with Crippen LogP contribution in [0.25, 0.3) is 0 Å². The number of fused-ring (bicyclic) bond motifs is 1. The van der Waals surface area contributed by atoms with Gasteiger partial charge in [0.1, 0.15) is 5.69 Å². The normalized spacial score (nSPS) is 12.9. The van der Waals surface area contributed by atoms with Gasteiger partial charge in [0.15, 0.2) is 0 Å². The molecule has 0 atom stereocenters. The summed E-state index contributed by atoms with van der Waals surface area (Å²) < 4.78 is 0. The first-order valence-electron chi connectivity index (χ1n) is 9.26. The van der Waals surface area contributed by atoms with E-state index in [1.54, 1.807) is 23.2 Å². The molecule has 140 valence electrons. The second-order valence-electron chi connectivity index (χ2n) is 6.62. The number of carbonyl (C=O) groups excluding carboxylic acids is 2. The number of aromatic nitrogens is 2. The third kappa shape index (κ3) is 3.76. The van der Waals surface area contributed by atoms with Gasteiger partial charge in [-0.1, -0.05) is 24.3 Å². The van der Waals surface area contributed by atoms with Crippen LogP contribution >= 0.6 is 0 Å². The average Bonchev–Trinajstić information content (AvgIpc) is 2.77. The van der Waals surface area contributed by atoms with Gasteiger partial charge in [-0.25, -0.2) is 0 Å². The van der Waals surface area contributed by atoms with E-state index < -0.39 is 0 Å². The number of amides is 2. The minimum Gasteiger partial charge on any atom is -0.345 e. The van der Waals surface area contributed by atoms with E-state index in [9.17, 15) is 9.59 Å². The first kappa shape index (κ1) is 17.9. The van der Waals surface area contributed by atoms with Crippen LogP contribution in [-0.2, 0) is 13.0 Å². The average molecular weight is 372 g/mol. The number of benzene rings is 1. The predicted octanol–water partition coefficient (Wildman–Crippen LogP) is 3.00. The Bertz CT molecular complexity index is 1000. The van der Waals surface area contributed by atoms with E-state index in [-0.39, 0.29) is 17.5 Å². The van der Waals surface area contributed by atoms with Crippen molar-refractivity contribution in [2.45, 2.75) is 19.4 Å². The molecule has 0 bridgehead atoms. The molecule has 6 nitrogen and oxygen atoms in total. The summed E-state index contributed by atoms with van der Waals surface area (Å²) in [6.07, 6.45) is 5.07. The third-order valence-corrected chi connectivity index (χ3v) is 4.75. The minimum absolute atomic E-state index is 0.117. The molecule has 4 rings (SSSR count). The van der Waals surface area contributed by atoms with E-state index in [0.29, 0.717) is 18.7 Å². The standard InChI is InChI=1S/C22H20N4O2/c27-21(25-15-18-8-3-4-11-23-18)19-14-17(10-12-24-19)22(28)26-13-5-7-16-6-1-2-9-20(16)26/h1-4,6,8-12,14H,5,7,13,15H2,(H,25,27). The molecule has 0 spiro atoms. The van der Waals surface area contributed by atoms with Gasteiger partial charge in [0, 0.05) is 30.2 Å². The molecule has 1 N–H and O–H groups in total. The molecule has 1 aliphatic heterocycles. The summed E-state index contributed by atoms with van der Waals surface area (Å²) in [4.78, 5) is 35.6. The SMILES string of the molecule is O=C(NCc1ccccn1)c1cc(C(=O)N2CCCc3ccccc32)ccn1. The van der Waals surface area contributed by atoms with Crippen molar-refractivity contribution in [1.29, 1.82) is 0 Å². The van der Waals surface area contributed by atoms with Crippen molar-refractivity contribution in [1.82, 2.24) is 15.3 Å². The fourth-order valence-corrected chi connectivity index (χ4v) is 3.35. The zero-order chi connectivity index (χ0) is 19.3. The Morgan fingerprint density at radius 3 is 2.71 bits per heavy atom. The van der Waals surface area contributed by atoms with Gasteiger partial charge in [-0.2, -0.15) is 0 Å². The summed E-state index contributed by atoms with van der Waals surface area (Å²) in [6, 6.07) is 16.7. The van der Waals surface area contributed by atoms with Crippen LogP contribution in [0.5, 0.6) is 0 Å². The maximum atomic E-state index is 13.1. The number of pyridine rings is 2. The van der Waals surface area contributed by atoms with Crippen molar-refractivity contribution < 1.29 is 9.59 Å². The molecular weight excluding hydrogens is 352 g/mol. The Hall–Kier alpha value is -3.54. The van der Waals surface area contributed by atoms with Crippen LogP contribution in [0.1, 0.15) is 38.5 Å². The number of aryl methyl sites for hydroxylation is 1. The molecular formula is C22H20N4O2. The van der Waals surface area contributed by atoms with E-state index in [1.165, 1.54) is 11.8 Å². The van der Waals surface area contributed by atoms with Crippen molar-refractivity contribution in [3.05, 3.63) is 89.5 Å². The van der Waals surface area contributed by atoms with Gasteiger partial charge in [0.2, 0.25) is 0 Å². The molecule has 2 amide bonds. The highest BCUT2D eigenvalue weighted by atomic mass is 16.2. The van der Waals surface area contributed by atoms with E-state index in [0.717, 1.165) is 24.2 Å². The van der Waals surface area contributed by atoms with Crippen LogP contribution in [0.4, 0.5) is 5.69 Å². The van der Waals surface area contributed by atoms with E-state index in [2.05, 4.69) is 21.4 Å². The molecule has 6 heteroatoms. The summed E-state index contributed by atoms with van der Waals surface area (Å²) >= 11 is 0. The molecule has 0 unspecified atom stereocenters. The number of nitrogens with zero attached hydrogens (tertiary/aromatic N) is 3. The summed E-state index contributed by atoms with van der Waals surface area (Å²) in [5.41, 5.74) is 3.54. The predicted molar refractivity (Wildman–Crippen MR) is 106 cm³/mol. The Labute approximate surface area is 163 Å². The summed E-state index contributed by atoms with van der Waals surface area (Å²) in [5.74, 6) is -0.451. The van der Waals surface area contributed by atoms with E-state index >= 15 is 0 Å². The largest absolute Gasteiger partial charge is 0.345 e. The lowest BCUT2D eigenvalue weighted by atomic mass is 10.0. The number of hydrogen-bond acceptors (Lipinski definition) is 4. The number of rotatable bonds is 4. The number of para-hydroxylation sites is 1.